The zero-order valence-corrected chi connectivity index (χ0v) is 6.14. The van der Waals surface area contributed by atoms with Crippen molar-refractivity contribution < 1.29 is 9.84 Å². The fourth-order valence-electron chi connectivity index (χ4n) is 1.18. The fraction of sp³-hybridized carbons (Fsp3) is 0.500. The van der Waals surface area contributed by atoms with Crippen molar-refractivity contribution >= 4 is 0 Å². The Bertz CT molecular complexity index is 180. The van der Waals surface area contributed by atoms with Gasteiger partial charge >= 0.3 is 0 Å². The first-order chi connectivity index (χ1) is 4.75. The van der Waals surface area contributed by atoms with Gasteiger partial charge in [0.15, 0.2) is 0 Å². The van der Waals surface area contributed by atoms with Crippen molar-refractivity contribution in [2.75, 3.05) is 7.11 Å². The summed E-state index contributed by atoms with van der Waals surface area (Å²) in [6, 6.07) is 0. The molecule has 0 N–H and O–H groups in total. The third-order valence-corrected chi connectivity index (χ3v) is 1.76. The van der Waals surface area contributed by atoms with E-state index in [1.54, 1.807) is 0 Å². The predicted octanol–water partition coefficient (Wildman–Crippen LogP) is 0.945. The summed E-state index contributed by atoms with van der Waals surface area (Å²) in [5.41, 5.74) is 1.73. The van der Waals surface area contributed by atoms with E-state index in [2.05, 4.69) is 11.3 Å². The molecule has 0 aromatic rings. The largest absolute Gasteiger partial charge is 0.616 e. The Morgan fingerprint density at radius 2 is 2.30 bits per heavy atom. The summed E-state index contributed by atoms with van der Waals surface area (Å²) in [4.78, 5) is 0. The van der Waals surface area contributed by atoms with Crippen LogP contribution in [0.2, 0.25) is 0 Å². The highest BCUT2D eigenvalue weighted by molar-refractivity contribution is 5.32. The smallest absolute Gasteiger partial charge is 0.0545 e. The molecule has 1 aliphatic carbocycles. The summed E-state index contributed by atoms with van der Waals surface area (Å²) >= 11 is 0. The molecule has 2 heteroatoms. The third-order valence-electron chi connectivity index (χ3n) is 1.76. The van der Waals surface area contributed by atoms with Crippen molar-refractivity contribution in [3.8, 4) is 0 Å². The predicted molar refractivity (Wildman–Crippen MR) is 37.0 cm³/mol. The maximum atomic E-state index is 10.9. The zero-order valence-electron chi connectivity index (χ0n) is 6.14. The van der Waals surface area contributed by atoms with Crippen LogP contribution in [-0.4, -0.2) is 7.11 Å². The van der Waals surface area contributed by atoms with Crippen molar-refractivity contribution in [2.45, 2.75) is 19.3 Å². The van der Waals surface area contributed by atoms with E-state index < -0.39 is 0 Å². The molecule has 0 radical (unpaired) electrons. The average Bonchev–Trinajstić information content (AvgIpc) is 2.34. The van der Waals surface area contributed by atoms with E-state index in [0.717, 1.165) is 30.4 Å². The molecule has 0 unspecified atom stereocenters. The van der Waals surface area contributed by atoms with Crippen LogP contribution in [-0.2, 0) is 4.74 Å². The molecule has 56 valence electrons. The molecule has 1 fully saturated rings. The molecule has 1 aliphatic rings. The fourth-order valence-corrected chi connectivity index (χ4v) is 1.18. The second-order valence-electron chi connectivity index (χ2n) is 2.43. The van der Waals surface area contributed by atoms with Crippen LogP contribution in [0.1, 0.15) is 19.3 Å². The van der Waals surface area contributed by atoms with Crippen molar-refractivity contribution in [3.05, 3.63) is 23.7 Å². The van der Waals surface area contributed by atoms with E-state index in [4.69, 9.17) is 0 Å². The maximum Gasteiger partial charge on any atom is 0.0545 e. The molecule has 0 aromatic carbocycles. The summed E-state index contributed by atoms with van der Waals surface area (Å²) in [6.45, 7) is 3.77. The van der Waals surface area contributed by atoms with Gasteiger partial charge in [0.25, 0.3) is 0 Å². The Morgan fingerprint density at radius 3 is 2.70 bits per heavy atom. The molecule has 0 aliphatic heterocycles. The van der Waals surface area contributed by atoms with E-state index in [1.807, 2.05) is 0 Å². The molecule has 1 saturated carbocycles. The first-order valence-corrected chi connectivity index (χ1v) is 3.38. The Hall–Kier alpha value is -0.920. The van der Waals surface area contributed by atoms with Crippen molar-refractivity contribution in [1.82, 2.24) is 0 Å². The van der Waals surface area contributed by atoms with Gasteiger partial charge in [-0.1, -0.05) is 12.2 Å². The minimum atomic E-state index is -0.206. The second kappa shape index (κ2) is 2.78. The number of allylic oxidation sites excluding steroid dienone is 2. The molecule has 0 spiro atoms. The first kappa shape index (κ1) is 7.19. The van der Waals surface area contributed by atoms with Gasteiger partial charge in [0.1, 0.15) is 0 Å². The van der Waals surface area contributed by atoms with E-state index in [0.29, 0.717) is 0 Å². The van der Waals surface area contributed by atoms with Crippen LogP contribution in [0.15, 0.2) is 23.7 Å². The summed E-state index contributed by atoms with van der Waals surface area (Å²) in [6.07, 6.45) is 2.83. The Kier molecular flexibility index (Phi) is 2.00. The lowest BCUT2D eigenvalue weighted by atomic mass is 10.2. The summed E-state index contributed by atoms with van der Waals surface area (Å²) < 4.78 is 4.57. The van der Waals surface area contributed by atoms with Gasteiger partial charge in [0, 0.05) is 0 Å². The van der Waals surface area contributed by atoms with E-state index in [9.17, 15) is 5.11 Å². The monoisotopic (exact) mass is 139 g/mol. The maximum absolute atomic E-state index is 10.9. The number of ether oxygens (including phenoxy) is 1. The van der Waals surface area contributed by atoms with Crippen molar-refractivity contribution in [2.24, 2.45) is 0 Å². The first-order valence-electron chi connectivity index (χ1n) is 3.38. The molecular formula is C8H11O2-. The van der Waals surface area contributed by atoms with Crippen LogP contribution in [0.3, 0.4) is 0 Å². The summed E-state index contributed by atoms with van der Waals surface area (Å²) in [7, 11) is 1.40. The summed E-state index contributed by atoms with van der Waals surface area (Å²) in [5.74, 6) is -0.206. The van der Waals surface area contributed by atoms with E-state index in [-0.39, 0.29) is 5.95 Å². The lowest BCUT2D eigenvalue weighted by Crippen LogP contribution is -2.08. The van der Waals surface area contributed by atoms with E-state index >= 15 is 0 Å². The van der Waals surface area contributed by atoms with Gasteiger partial charge in [-0.15, -0.1) is 0 Å². The van der Waals surface area contributed by atoms with Crippen LogP contribution in [0.4, 0.5) is 0 Å². The lowest BCUT2D eigenvalue weighted by molar-refractivity contribution is -0.354. The molecule has 10 heavy (non-hydrogen) atoms. The molecular weight excluding hydrogens is 128 g/mol. The molecule has 0 amide bonds. The van der Waals surface area contributed by atoms with Crippen LogP contribution >= 0.6 is 0 Å². The minimum Gasteiger partial charge on any atom is -0.616 e. The lowest BCUT2D eigenvalue weighted by Gasteiger charge is -2.12. The van der Waals surface area contributed by atoms with Gasteiger partial charge in [-0.3, -0.25) is 0 Å². The van der Waals surface area contributed by atoms with Crippen molar-refractivity contribution in [3.63, 3.8) is 0 Å². The van der Waals surface area contributed by atoms with Gasteiger partial charge in [0.05, 0.1) is 5.95 Å². The highest BCUT2D eigenvalue weighted by atomic mass is 16.6. The average molecular weight is 139 g/mol. The third kappa shape index (κ3) is 1.15. The van der Waals surface area contributed by atoms with E-state index in [1.165, 1.54) is 7.11 Å². The highest BCUT2D eigenvalue weighted by Gasteiger charge is 2.11. The standard InChI is InChI=1S/C8H12O2/c1-6-4-3-5-7(6)8(9)10-2/h9H,1,3-5H2,2H3/p-1/b8-7+. The Balaban J connectivity index is 2.79. The zero-order chi connectivity index (χ0) is 7.56. The van der Waals surface area contributed by atoms with Gasteiger partial charge in [-0.25, -0.2) is 0 Å². The Labute approximate surface area is 60.8 Å². The molecule has 0 bridgehead atoms. The minimum absolute atomic E-state index is 0.206. The van der Waals surface area contributed by atoms with Crippen LogP contribution < -0.4 is 5.11 Å². The van der Waals surface area contributed by atoms with Crippen molar-refractivity contribution in [1.29, 1.82) is 0 Å². The second-order valence-corrected chi connectivity index (χ2v) is 2.43. The van der Waals surface area contributed by atoms with Gasteiger partial charge in [0.2, 0.25) is 0 Å². The number of methoxy groups -OCH3 is 1. The topological polar surface area (TPSA) is 32.3 Å². The van der Waals surface area contributed by atoms with Crippen LogP contribution in [0, 0.1) is 0 Å². The van der Waals surface area contributed by atoms with Crippen LogP contribution in [0.25, 0.3) is 0 Å². The molecule has 0 saturated heterocycles. The van der Waals surface area contributed by atoms with Crippen LogP contribution in [0.5, 0.6) is 0 Å². The quantitative estimate of drug-likeness (QED) is 0.506. The molecule has 1 rings (SSSR count). The Morgan fingerprint density at radius 1 is 1.60 bits per heavy atom. The highest BCUT2D eigenvalue weighted by Crippen LogP contribution is 2.29. The number of hydrogen-bond donors (Lipinski definition) is 0. The molecule has 0 heterocycles. The SMILES string of the molecule is C=C1CCC/C1=C(/[O-])OC. The summed E-state index contributed by atoms with van der Waals surface area (Å²) in [5, 5.41) is 10.9. The van der Waals surface area contributed by atoms with Gasteiger partial charge in [-0.05, 0) is 31.9 Å². The molecule has 2 nitrogen and oxygen atoms in total. The molecule has 0 atom stereocenters. The van der Waals surface area contributed by atoms with Gasteiger partial charge in [-0.2, -0.15) is 0 Å². The number of rotatable bonds is 1. The van der Waals surface area contributed by atoms with Gasteiger partial charge < -0.3 is 9.84 Å². The normalized spacial score (nSPS) is 23.1. The molecule has 0 aromatic heterocycles. The number of hydrogen-bond acceptors (Lipinski definition) is 2.